The SMILES string of the molecule is CC(=O)OP(=O)(OC(C)=O)OC(=O)C(CC(=O)O)NCCN. The Morgan fingerprint density at radius 1 is 1.14 bits per heavy atom. The van der Waals surface area contributed by atoms with Crippen molar-refractivity contribution in [2.45, 2.75) is 26.3 Å². The highest BCUT2D eigenvalue weighted by molar-refractivity contribution is 7.50. The van der Waals surface area contributed by atoms with Gasteiger partial charge in [0.2, 0.25) is 0 Å². The summed E-state index contributed by atoms with van der Waals surface area (Å²) in [4.78, 5) is 44.2. The van der Waals surface area contributed by atoms with Gasteiger partial charge in [0.1, 0.15) is 6.04 Å². The molecule has 0 aliphatic carbocycles. The number of carboxylic acid groups (broad SMARTS) is 1. The Labute approximate surface area is 125 Å². The molecular formula is C10H17N2O9P. The molecule has 0 rings (SSSR count). The first-order valence-electron chi connectivity index (χ1n) is 5.98. The average Bonchev–Trinajstić information content (AvgIpc) is 2.30. The van der Waals surface area contributed by atoms with Gasteiger partial charge in [-0.2, -0.15) is 4.57 Å². The van der Waals surface area contributed by atoms with Gasteiger partial charge in [-0.3, -0.25) is 14.4 Å². The molecule has 1 unspecified atom stereocenters. The van der Waals surface area contributed by atoms with E-state index in [2.05, 4.69) is 18.9 Å². The zero-order chi connectivity index (χ0) is 17.3. The number of rotatable bonds is 9. The summed E-state index contributed by atoms with van der Waals surface area (Å²) in [5, 5.41) is 11.1. The van der Waals surface area contributed by atoms with Crippen LogP contribution in [0.15, 0.2) is 0 Å². The molecule has 0 aliphatic heterocycles. The number of carbonyl (C=O) groups excluding carboxylic acids is 3. The number of carbonyl (C=O) groups is 4. The summed E-state index contributed by atoms with van der Waals surface area (Å²) in [6.07, 6.45) is -0.709. The van der Waals surface area contributed by atoms with Gasteiger partial charge in [-0.25, -0.2) is 4.79 Å². The van der Waals surface area contributed by atoms with E-state index in [1.165, 1.54) is 0 Å². The molecule has 4 N–H and O–H groups in total. The normalized spacial score (nSPS) is 12.1. The molecule has 0 heterocycles. The van der Waals surface area contributed by atoms with Gasteiger partial charge in [-0.1, -0.05) is 0 Å². The van der Waals surface area contributed by atoms with Crippen LogP contribution >= 0.6 is 7.82 Å². The first kappa shape index (κ1) is 20.0. The van der Waals surface area contributed by atoms with Crippen molar-refractivity contribution in [3.63, 3.8) is 0 Å². The molecule has 0 fully saturated rings. The molecule has 12 heteroatoms. The minimum Gasteiger partial charge on any atom is -0.481 e. The fourth-order valence-electron chi connectivity index (χ4n) is 1.22. The molecule has 0 bridgehead atoms. The van der Waals surface area contributed by atoms with Gasteiger partial charge in [0, 0.05) is 26.9 Å². The van der Waals surface area contributed by atoms with Crippen molar-refractivity contribution in [2.24, 2.45) is 5.73 Å². The van der Waals surface area contributed by atoms with E-state index < -0.39 is 44.2 Å². The maximum Gasteiger partial charge on any atom is 0.653 e. The number of nitrogens with two attached hydrogens (primary N) is 1. The van der Waals surface area contributed by atoms with E-state index in [0.717, 1.165) is 13.8 Å². The quantitative estimate of drug-likeness (QED) is 0.446. The molecule has 0 aliphatic rings. The summed E-state index contributed by atoms with van der Waals surface area (Å²) < 4.78 is 24.8. The summed E-state index contributed by atoms with van der Waals surface area (Å²) >= 11 is 0. The average molecular weight is 340 g/mol. The van der Waals surface area contributed by atoms with Gasteiger partial charge in [0.15, 0.2) is 0 Å². The van der Waals surface area contributed by atoms with Crippen LogP contribution in [0.4, 0.5) is 0 Å². The maximum absolute atomic E-state index is 12.0. The van der Waals surface area contributed by atoms with Crippen molar-refractivity contribution in [2.75, 3.05) is 13.1 Å². The van der Waals surface area contributed by atoms with Crippen molar-refractivity contribution < 1.29 is 42.4 Å². The number of hydrogen-bond donors (Lipinski definition) is 3. The highest BCUT2D eigenvalue weighted by atomic mass is 31.2. The molecule has 0 aromatic carbocycles. The molecule has 11 nitrogen and oxygen atoms in total. The lowest BCUT2D eigenvalue weighted by molar-refractivity contribution is -0.148. The van der Waals surface area contributed by atoms with Crippen LogP contribution in [-0.2, 0) is 37.3 Å². The topological polar surface area (TPSA) is 171 Å². The molecule has 0 radical (unpaired) electrons. The van der Waals surface area contributed by atoms with Gasteiger partial charge >= 0.3 is 31.7 Å². The summed E-state index contributed by atoms with van der Waals surface area (Å²) in [7, 11) is -4.83. The molecular weight excluding hydrogens is 323 g/mol. The van der Waals surface area contributed by atoms with Crippen molar-refractivity contribution in [1.82, 2.24) is 5.32 Å². The predicted molar refractivity (Wildman–Crippen MR) is 70.3 cm³/mol. The lowest BCUT2D eigenvalue weighted by Gasteiger charge is -2.19. The zero-order valence-electron chi connectivity index (χ0n) is 11.9. The Kier molecular flexibility index (Phi) is 8.31. The van der Waals surface area contributed by atoms with E-state index in [0.29, 0.717) is 0 Å². The van der Waals surface area contributed by atoms with Crippen molar-refractivity contribution >= 4 is 31.7 Å². The third-order valence-corrected chi connectivity index (χ3v) is 3.25. The third-order valence-electron chi connectivity index (χ3n) is 1.88. The molecule has 22 heavy (non-hydrogen) atoms. The molecule has 1 atom stereocenters. The van der Waals surface area contributed by atoms with Gasteiger partial charge in [-0.15, -0.1) is 0 Å². The molecule has 0 amide bonds. The number of phosphoric acid groups is 1. The number of aliphatic carboxylic acids is 1. The Balaban J connectivity index is 5.08. The first-order valence-corrected chi connectivity index (χ1v) is 7.44. The van der Waals surface area contributed by atoms with E-state index in [9.17, 15) is 23.7 Å². The summed E-state index contributed by atoms with van der Waals surface area (Å²) in [5.74, 6) is -4.92. The number of hydrogen-bond acceptors (Lipinski definition) is 10. The van der Waals surface area contributed by atoms with E-state index in [-0.39, 0.29) is 13.1 Å². The van der Waals surface area contributed by atoms with Gasteiger partial charge < -0.3 is 29.7 Å². The number of carboxylic acids is 1. The zero-order valence-corrected chi connectivity index (χ0v) is 12.8. The second kappa shape index (κ2) is 9.13. The van der Waals surface area contributed by atoms with Crippen LogP contribution in [-0.4, -0.2) is 48.1 Å². The van der Waals surface area contributed by atoms with E-state index in [1.54, 1.807) is 0 Å². The van der Waals surface area contributed by atoms with Crippen LogP contribution in [0, 0.1) is 0 Å². The van der Waals surface area contributed by atoms with Crippen molar-refractivity contribution in [3.05, 3.63) is 0 Å². The number of phosphoric ester groups is 1. The first-order chi connectivity index (χ1) is 10.1. The lowest BCUT2D eigenvalue weighted by Crippen LogP contribution is -2.42. The summed E-state index contributed by atoms with van der Waals surface area (Å²) in [6.45, 7) is 1.87. The lowest BCUT2D eigenvalue weighted by atomic mass is 10.2. The van der Waals surface area contributed by atoms with Crippen molar-refractivity contribution in [3.8, 4) is 0 Å². The second-order valence-electron chi connectivity index (χ2n) is 3.92. The van der Waals surface area contributed by atoms with E-state index in [1.807, 2.05) is 0 Å². The Morgan fingerprint density at radius 3 is 2.00 bits per heavy atom. The Hall–Kier alpha value is -1.97. The number of nitrogens with one attached hydrogen (secondary N) is 1. The maximum atomic E-state index is 12.0. The summed E-state index contributed by atoms with van der Waals surface area (Å²) in [5.41, 5.74) is 5.21. The largest absolute Gasteiger partial charge is 0.653 e. The van der Waals surface area contributed by atoms with E-state index in [4.69, 9.17) is 10.8 Å². The minimum atomic E-state index is -4.83. The Bertz CT molecular complexity index is 473. The van der Waals surface area contributed by atoms with Crippen LogP contribution in [0.5, 0.6) is 0 Å². The Morgan fingerprint density at radius 2 is 1.64 bits per heavy atom. The van der Waals surface area contributed by atoms with Crippen LogP contribution in [0.2, 0.25) is 0 Å². The molecule has 0 aromatic heterocycles. The van der Waals surface area contributed by atoms with Gasteiger partial charge in [0.05, 0.1) is 6.42 Å². The molecule has 0 saturated carbocycles. The fraction of sp³-hybridized carbons (Fsp3) is 0.600. The predicted octanol–water partition coefficient (Wildman–Crippen LogP) is -0.844. The minimum absolute atomic E-state index is 0.0679. The van der Waals surface area contributed by atoms with Gasteiger partial charge in [-0.05, 0) is 0 Å². The van der Waals surface area contributed by atoms with Crippen LogP contribution < -0.4 is 11.1 Å². The van der Waals surface area contributed by atoms with Crippen LogP contribution in [0.1, 0.15) is 20.3 Å². The monoisotopic (exact) mass is 340 g/mol. The van der Waals surface area contributed by atoms with Crippen LogP contribution in [0.25, 0.3) is 0 Å². The van der Waals surface area contributed by atoms with Crippen molar-refractivity contribution in [1.29, 1.82) is 0 Å². The molecule has 126 valence electrons. The molecule has 0 aromatic rings. The van der Waals surface area contributed by atoms with Crippen LogP contribution in [0.3, 0.4) is 0 Å². The standard InChI is InChI=1S/C10H17N2O9P/c1-6(13)19-22(18,20-7(2)14)21-10(17)8(5-9(15)16)12-4-3-11/h8,12H,3-5,11H2,1-2H3,(H,15,16). The van der Waals surface area contributed by atoms with Gasteiger partial charge in [0.25, 0.3) is 0 Å². The molecule has 0 spiro atoms. The summed E-state index contributed by atoms with van der Waals surface area (Å²) in [6, 6.07) is -1.42. The smallest absolute Gasteiger partial charge is 0.481 e. The third kappa shape index (κ3) is 8.35. The molecule has 0 saturated heterocycles. The highest BCUT2D eigenvalue weighted by Gasteiger charge is 2.40. The van der Waals surface area contributed by atoms with E-state index >= 15 is 0 Å². The highest BCUT2D eigenvalue weighted by Crippen LogP contribution is 2.50. The second-order valence-corrected chi connectivity index (χ2v) is 5.36. The fourth-order valence-corrected chi connectivity index (χ4v) is 2.30.